The van der Waals surface area contributed by atoms with Crippen LogP contribution in [0.2, 0.25) is 0 Å². The van der Waals surface area contributed by atoms with Crippen LogP contribution in [0.1, 0.15) is 11.3 Å². The highest BCUT2D eigenvalue weighted by Gasteiger charge is 2.02. The van der Waals surface area contributed by atoms with Gasteiger partial charge in [0.2, 0.25) is 0 Å². The molecule has 0 aliphatic carbocycles. The fraction of sp³-hybridized carbons (Fsp3) is 0.231. The lowest BCUT2D eigenvalue weighted by Crippen LogP contribution is -2.05. The largest absolute Gasteiger partial charge is 0.330 e. The summed E-state index contributed by atoms with van der Waals surface area (Å²) in [6.45, 7) is 2.68. The number of nitrogens with zero attached hydrogens (tertiary/aromatic N) is 2. The third-order valence-corrected chi connectivity index (χ3v) is 2.39. The Morgan fingerprint density at radius 1 is 1.25 bits per heavy atom. The van der Waals surface area contributed by atoms with Gasteiger partial charge in [-0.3, -0.25) is 0 Å². The Hall–Kier alpha value is -1.74. The van der Waals surface area contributed by atoms with Crippen LogP contribution in [-0.4, -0.2) is 16.5 Å². The average molecular weight is 213 g/mol. The van der Waals surface area contributed by atoms with Crippen LogP contribution in [-0.2, 0) is 6.42 Å². The lowest BCUT2D eigenvalue weighted by atomic mass is 10.1. The maximum atomic E-state index is 5.51. The van der Waals surface area contributed by atoms with Gasteiger partial charge in [0.15, 0.2) is 5.82 Å². The van der Waals surface area contributed by atoms with Gasteiger partial charge in [-0.15, -0.1) is 0 Å². The molecular weight excluding hydrogens is 198 g/mol. The van der Waals surface area contributed by atoms with Crippen molar-refractivity contribution in [3.63, 3.8) is 0 Å². The molecule has 3 heteroatoms. The van der Waals surface area contributed by atoms with Crippen molar-refractivity contribution >= 4 is 0 Å². The second-order valence-corrected chi connectivity index (χ2v) is 3.78. The van der Waals surface area contributed by atoms with Gasteiger partial charge in [0.05, 0.1) is 0 Å². The number of rotatable bonds is 3. The molecule has 2 rings (SSSR count). The molecule has 0 bridgehead atoms. The zero-order valence-corrected chi connectivity index (χ0v) is 9.35. The van der Waals surface area contributed by atoms with Crippen molar-refractivity contribution in [2.75, 3.05) is 6.54 Å². The molecule has 0 radical (unpaired) electrons. The Labute approximate surface area is 95.4 Å². The van der Waals surface area contributed by atoms with Gasteiger partial charge >= 0.3 is 0 Å². The highest BCUT2D eigenvalue weighted by Crippen LogP contribution is 2.15. The third-order valence-electron chi connectivity index (χ3n) is 2.39. The minimum atomic E-state index is 0.615. The molecule has 2 aromatic rings. The molecule has 0 spiro atoms. The molecule has 0 saturated carbocycles. The first-order valence-electron chi connectivity index (χ1n) is 5.38. The van der Waals surface area contributed by atoms with Gasteiger partial charge in [-0.25, -0.2) is 9.97 Å². The molecule has 0 amide bonds. The maximum Gasteiger partial charge on any atom is 0.159 e. The highest BCUT2D eigenvalue weighted by molar-refractivity contribution is 5.55. The van der Waals surface area contributed by atoms with Gasteiger partial charge in [0.1, 0.15) is 0 Å². The average Bonchev–Trinajstić information content (AvgIpc) is 2.30. The quantitative estimate of drug-likeness (QED) is 0.847. The van der Waals surface area contributed by atoms with Crippen molar-refractivity contribution in [1.29, 1.82) is 0 Å². The minimum absolute atomic E-state index is 0.615. The maximum absolute atomic E-state index is 5.51. The van der Waals surface area contributed by atoms with E-state index in [2.05, 4.69) is 29.0 Å². The molecule has 0 atom stereocenters. The van der Waals surface area contributed by atoms with Crippen LogP contribution in [0.3, 0.4) is 0 Å². The van der Waals surface area contributed by atoms with Gasteiger partial charge in [-0.1, -0.05) is 23.8 Å². The number of hydrogen-bond acceptors (Lipinski definition) is 3. The molecule has 82 valence electrons. The van der Waals surface area contributed by atoms with Crippen LogP contribution >= 0.6 is 0 Å². The molecule has 1 aromatic carbocycles. The van der Waals surface area contributed by atoms with E-state index in [1.54, 1.807) is 6.20 Å². The molecule has 1 heterocycles. The smallest absolute Gasteiger partial charge is 0.159 e. The summed E-state index contributed by atoms with van der Waals surface area (Å²) in [5, 5.41) is 0. The van der Waals surface area contributed by atoms with Crippen LogP contribution in [0.5, 0.6) is 0 Å². The number of aryl methyl sites for hydroxylation is 1. The third kappa shape index (κ3) is 2.44. The van der Waals surface area contributed by atoms with Crippen molar-refractivity contribution in [2.45, 2.75) is 13.3 Å². The summed E-state index contributed by atoms with van der Waals surface area (Å²) in [5.41, 5.74) is 8.78. The van der Waals surface area contributed by atoms with Gasteiger partial charge in [-0.2, -0.15) is 0 Å². The van der Waals surface area contributed by atoms with E-state index in [4.69, 9.17) is 5.73 Å². The first-order valence-corrected chi connectivity index (χ1v) is 5.38. The summed E-state index contributed by atoms with van der Waals surface area (Å²) >= 11 is 0. The fourth-order valence-electron chi connectivity index (χ4n) is 1.61. The summed E-state index contributed by atoms with van der Waals surface area (Å²) in [6.07, 6.45) is 2.58. The van der Waals surface area contributed by atoms with Gasteiger partial charge in [-0.05, 0) is 25.6 Å². The molecule has 1 aromatic heterocycles. The highest BCUT2D eigenvalue weighted by atomic mass is 14.9. The second kappa shape index (κ2) is 4.86. The van der Waals surface area contributed by atoms with E-state index >= 15 is 0 Å². The molecule has 0 fully saturated rings. The van der Waals surface area contributed by atoms with E-state index in [-0.39, 0.29) is 0 Å². The summed E-state index contributed by atoms with van der Waals surface area (Å²) in [7, 11) is 0. The van der Waals surface area contributed by atoms with Gasteiger partial charge < -0.3 is 5.73 Å². The monoisotopic (exact) mass is 213 g/mol. The summed E-state index contributed by atoms with van der Waals surface area (Å²) in [5.74, 6) is 0.773. The predicted molar refractivity (Wildman–Crippen MR) is 65.0 cm³/mol. The van der Waals surface area contributed by atoms with E-state index in [1.807, 2.05) is 18.2 Å². The number of nitrogens with two attached hydrogens (primary N) is 1. The van der Waals surface area contributed by atoms with Crippen LogP contribution < -0.4 is 5.73 Å². The van der Waals surface area contributed by atoms with Crippen molar-refractivity contribution in [3.05, 3.63) is 47.8 Å². The predicted octanol–water partition coefficient (Wildman–Crippen LogP) is 1.95. The van der Waals surface area contributed by atoms with E-state index in [0.29, 0.717) is 6.54 Å². The molecule has 0 aliphatic heterocycles. The number of benzene rings is 1. The van der Waals surface area contributed by atoms with Crippen molar-refractivity contribution in [1.82, 2.24) is 9.97 Å². The first kappa shape index (κ1) is 10.8. The molecule has 0 saturated heterocycles. The molecule has 3 nitrogen and oxygen atoms in total. The van der Waals surface area contributed by atoms with Crippen LogP contribution in [0.25, 0.3) is 11.4 Å². The number of aromatic nitrogens is 2. The normalized spacial score (nSPS) is 10.4. The Kier molecular flexibility index (Phi) is 3.27. The molecular formula is C13H15N3. The van der Waals surface area contributed by atoms with Crippen LogP contribution in [0, 0.1) is 6.92 Å². The second-order valence-electron chi connectivity index (χ2n) is 3.78. The first-order chi connectivity index (χ1) is 7.79. The lowest BCUT2D eigenvalue weighted by molar-refractivity contribution is 0.913. The van der Waals surface area contributed by atoms with Crippen molar-refractivity contribution in [2.24, 2.45) is 5.73 Å². The molecule has 2 N–H and O–H groups in total. The standard InChI is InChI=1S/C13H15N3/c1-10-3-2-4-11(9-10)13-15-8-6-12(16-13)5-7-14/h2-4,6,8-9H,5,7,14H2,1H3. The summed E-state index contributed by atoms with van der Waals surface area (Å²) < 4.78 is 0. The molecule has 16 heavy (non-hydrogen) atoms. The van der Waals surface area contributed by atoms with Crippen molar-refractivity contribution in [3.8, 4) is 11.4 Å². The SMILES string of the molecule is Cc1cccc(-c2nccc(CCN)n2)c1. The fourth-order valence-corrected chi connectivity index (χ4v) is 1.61. The van der Waals surface area contributed by atoms with E-state index in [1.165, 1.54) is 5.56 Å². The Balaban J connectivity index is 2.36. The minimum Gasteiger partial charge on any atom is -0.330 e. The Bertz CT molecular complexity index is 480. The van der Waals surface area contributed by atoms with E-state index < -0.39 is 0 Å². The summed E-state index contributed by atoms with van der Waals surface area (Å²) in [4.78, 5) is 8.76. The van der Waals surface area contributed by atoms with E-state index in [9.17, 15) is 0 Å². The van der Waals surface area contributed by atoms with E-state index in [0.717, 1.165) is 23.5 Å². The zero-order valence-electron chi connectivity index (χ0n) is 9.35. The van der Waals surface area contributed by atoms with Gasteiger partial charge in [0.25, 0.3) is 0 Å². The van der Waals surface area contributed by atoms with Crippen LogP contribution in [0.4, 0.5) is 0 Å². The topological polar surface area (TPSA) is 51.8 Å². The summed E-state index contributed by atoms with van der Waals surface area (Å²) in [6, 6.07) is 10.1. The lowest BCUT2D eigenvalue weighted by Gasteiger charge is -2.03. The molecule has 0 aliphatic rings. The van der Waals surface area contributed by atoms with Crippen LogP contribution in [0.15, 0.2) is 36.5 Å². The van der Waals surface area contributed by atoms with Crippen molar-refractivity contribution < 1.29 is 0 Å². The van der Waals surface area contributed by atoms with Gasteiger partial charge in [0, 0.05) is 23.9 Å². The Morgan fingerprint density at radius 3 is 2.88 bits per heavy atom. The Morgan fingerprint density at radius 2 is 2.12 bits per heavy atom. The zero-order chi connectivity index (χ0) is 11.4. The number of hydrogen-bond donors (Lipinski definition) is 1. The molecule has 0 unspecified atom stereocenters.